The number of benzene rings is 1. The van der Waals surface area contributed by atoms with Crippen LogP contribution in [0.1, 0.15) is 4.88 Å². The maximum Gasteiger partial charge on any atom is 0.136 e. The Labute approximate surface area is 105 Å². The van der Waals surface area contributed by atoms with Crippen LogP contribution >= 0.6 is 45.5 Å². The lowest BCUT2D eigenvalue weighted by atomic mass is 10.2. The van der Waals surface area contributed by atoms with Crippen molar-refractivity contribution in [2.45, 2.75) is 5.88 Å². The Hall–Kier alpha value is -0.000000000000000139. The van der Waals surface area contributed by atoms with E-state index in [-0.39, 0.29) is 0 Å². The molecule has 0 radical (unpaired) electrons. The summed E-state index contributed by atoms with van der Waals surface area (Å²) in [5.74, 6) is 1.50. The largest absolute Gasteiger partial charge is 0.495 e. The summed E-state index contributed by atoms with van der Waals surface area (Å²) in [5.41, 5.74) is 0. The molecule has 0 amide bonds. The van der Waals surface area contributed by atoms with E-state index < -0.39 is 0 Å². The van der Waals surface area contributed by atoms with Crippen molar-refractivity contribution in [3.05, 3.63) is 26.6 Å². The van der Waals surface area contributed by atoms with E-state index in [0.29, 0.717) is 5.88 Å². The molecule has 0 spiro atoms. The second kappa shape index (κ2) is 4.24. The van der Waals surface area contributed by atoms with E-state index in [9.17, 15) is 0 Å². The highest BCUT2D eigenvalue weighted by molar-refractivity contribution is 14.1. The Morgan fingerprint density at radius 1 is 1.50 bits per heavy atom. The smallest absolute Gasteiger partial charge is 0.136 e. The van der Waals surface area contributed by atoms with Gasteiger partial charge in [0.2, 0.25) is 0 Å². The Morgan fingerprint density at radius 3 is 2.93 bits per heavy atom. The van der Waals surface area contributed by atoms with Gasteiger partial charge in [-0.1, -0.05) is 0 Å². The summed E-state index contributed by atoms with van der Waals surface area (Å²) in [6, 6.07) is 6.20. The van der Waals surface area contributed by atoms with Gasteiger partial charge in [-0.05, 0) is 40.8 Å². The van der Waals surface area contributed by atoms with Crippen molar-refractivity contribution in [1.29, 1.82) is 0 Å². The SMILES string of the molecule is COc1ccc(I)c2cc(CCl)sc12. The van der Waals surface area contributed by atoms with Gasteiger partial charge in [-0.25, -0.2) is 0 Å². The zero-order valence-electron chi connectivity index (χ0n) is 7.51. The lowest BCUT2D eigenvalue weighted by Crippen LogP contribution is -1.82. The van der Waals surface area contributed by atoms with Crippen molar-refractivity contribution in [1.82, 2.24) is 0 Å². The summed E-state index contributed by atoms with van der Waals surface area (Å²) >= 11 is 9.84. The van der Waals surface area contributed by atoms with E-state index in [1.54, 1.807) is 18.4 Å². The van der Waals surface area contributed by atoms with Crippen LogP contribution in [0.2, 0.25) is 0 Å². The summed E-state index contributed by atoms with van der Waals surface area (Å²) < 4.78 is 7.74. The molecule has 1 nitrogen and oxygen atoms in total. The molecule has 1 aromatic carbocycles. The van der Waals surface area contributed by atoms with Crippen LogP contribution in [0.4, 0.5) is 0 Å². The lowest BCUT2D eigenvalue weighted by molar-refractivity contribution is 0.420. The number of ether oxygens (including phenoxy) is 1. The van der Waals surface area contributed by atoms with E-state index in [2.05, 4.69) is 34.7 Å². The fourth-order valence-corrected chi connectivity index (χ4v) is 3.40. The van der Waals surface area contributed by atoms with Crippen molar-refractivity contribution in [3.8, 4) is 5.75 Å². The molecule has 0 unspecified atom stereocenters. The second-order valence-electron chi connectivity index (χ2n) is 2.84. The molecule has 0 aliphatic rings. The van der Waals surface area contributed by atoms with Crippen molar-refractivity contribution >= 4 is 55.6 Å². The number of rotatable bonds is 2. The first-order chi connectivity index (χ1) is 6.76. The van der Waals surface area contributed by atoms with E-state index in [0.717, 1.165) is 5.75 Å². The van der Waals surface area contributed by atoms with Gasteiger partial charge in [-0.3, -0.25) is 0 Å². The Bertz CT molecular complexity index is 466. The average Bonchev–Trinajstić information content (AvgIpc) is 2.63. The molecule has 2 rings (SSSR count). The molecule has 14 heavy (non-hydrogen) atoms. The molecule has 0 saturated heterocycles. The standard InChI is InChI=1S/C10H8ClIOS/c1-13-9-3-2-8(12)7-4-6(5-11)14-10(7)9/h2-4H,5H2,1H3. The number of fused-ring (bicyclic) bond motifs is 1. The second-order valence-corrected chi connectivity index (χ2v) is 5.40. The highest BCUT2D eigenvalue weighted by atomic mass is 127. The molecule has 0 aliphatic carbocycles. The molecule has 74 valence electrons. The molecule has 1 aromatic heterocycles. The molecule has 0 bridgehead atoms. The third-order valence-corrected chi connectivity index (χ3v) is 4.53. The molecule has 0 aliphatic heterocycles. The molecular weight excluding hydrogens is 331 g/mol. The summed E-state index contributed by atoms with van der Waals surface area (Å²) in [5, 5.41) is 1.24. The van der Waals surface area contributed by atoms with Gasteiger partial charge in [-0.15, -0.1) is 22.9 Å². The Morgan fingerprint density at radius 2 is 2.29 bits per heavy atom. The van der Waals surface area contributed by atoms with Crippen LogP contribution < -0.4 is 4.74 Å². The molecule has 0 saturated carbocycles. The number of hydrogen-bond donors (Lipinski definition) is 0. The third kappa shape index (κ3) is 1.73. The molecule has 2 aromatic rings. The van der Waals surface area contributed by atoms with Crippen LogP contribution in [0.5, 0.6) is 5.75 Å². The van der Waals surface area contributed by atoms with E-state index in [4.69, 9.17) is 16.3 Å². The fraction of sp³-hybridized carbons (Fsp3) is 0.200. The van der Waals surface area contributed by atoms with E-state index >= 15 is 0 Å². The van der Waals surface area contributed by atoms with Gasteiger partial charge >= 0.3 is 0 Å². The van der Waals surface area contributed by atoms with Gasteiger partial charge in [0.05, 0.1) is 17.7 Å². The predicted molar refractivity (Wildman–Crippen MR) is 70.7 cm³/mol. The normalized spacial score (nSPS) is 10.8. The van der Waals surface area contributed by atoms with E-state index in [1.807, 2.05) is 6.07 Å². The summed E-state index contributed by atoms with van der Waals surface area (Å²) in [7, 11) is 1.70. The lowest BCUT2D eigenvalue weighted by Gasteiger charge is -2.01. The van der Waals surface area contributed by atoms with Crippen molar-refractivity contribution in [2.75, 3.05) is 7.11 Å². The van der Waals surface area contributed by atoms with Gasteiger partial charge in [0.15, 0.2) is 0 Å². The predicted octanol–water partition coefficient (Wildman–Crippen LogP) is 4.25. The number of hydrogen-bond acceptors (Lipinski definition) is 2. The van der Waals surface area contributed by atoms with Crippen LogP contribution in [-0.2, 0) is 5.88 Å². The van der Waals surface area contributed by atoms with Crippen LogP contribution in [0.15, 0.2) is 18.2 Å². The number of halogens is 2. The first-order valence-corrected chi connectivity index (χ1v) is 6.50. The van der Waals surface area contributed by atoms with Gasteiger partial charge in [0.25, 0.3) is 0 Å². The van der Waals surface area contributed by atoms with Gasteiger partial charge in [0, 0.05) is 13.8 Å². The summed E-state index contributed by atoms with van der Waals surface area (Å²) in [4.78, 5) is 1.18. The maximum absolute atomic E-state index is 5.81. The molecule has 1 heterocycles. The Balaban J connectivity index is 2.74. The third-order valence-electron chi connectivity index (χ3n) is 2.00. The van der Waals surface area contributed by atoms with Crippen molar-refractivity contribution in [3.63, 3.8) is 0 Å². The highest BCUT2D eigenvalue weighted by Crippen LogP contribution is 2.36. The zero-order valence-corrected chi connectivity index (χ0v) is 11.2. The topological polar surface area (TPSA) is 9.23 Å². The number of thiophene rings is 1. The summed E-state index contributed by atoms with van der Waals surface area (Å²) in [6.45, 7) is 0. The quantitative estimate of drug-likeness (QED) is 0.587. The molecular formula is C10H8ClIOS. The minimum Gasteiger partial charge on any atom is -0.495 e. The number of methoxy groups -OCH3 is 1. The van der Waals surface area contributed by atoms with Crippen molar-refractivity contribution < 1.29 is 4.74 Å². The fourth-order valence-electron chi connectivity index (χ4n) is 1.34. The molecule has 0 N–H and O–H groups in total. The van der Waals surface area contributed by atoms with Crippen LogP contribution in [0.3, 0.4) is 0 Å². The van der Waals surface area contributed by atoms with E-state index in [1.165, 1.54) is 18.5 Å². The Kier molecular flexibility index (Phi) is 3.19. The minimum atomic E-state index is 0.568. The highest BCUT2D eigenvalue weighted by Gasteiger charge is 2.08. The summed E-state index contributed by atoms with van der Waals surface area (Å²) in [6.07, 6.45) is 0. The molecule has 4 heteroatoms. The maximum atomic E-state index is 5.81. The van der Waals surface area contributed by atoms with Crippen LogP contribution in [0.25, 0.3) is 10.1 Å². The van der Waals surface area contributed by atoms with Gasteiger partial charge in [-0.2, -0.15) is 0 Å². The molecule has 0 fully saturated rings. The first kappa shape index (κ1) is 10.5. The van der Waals surface area contributed by atoms with Crippen molar-refractivity contribution in [2.24, 2.45) is 0 Å². The zero-order chi connectivity index (χ0) is 10.1. The van der Waals surface area contributed by atoms with Gasteiger partial charge < -0.3 is 4.74 Å². The average molecular weight is 339 g/mol. The monoisotopic (exact) mass is 338 g/mol. The van der Waals surface area contributed by atoms with Crippen LogP contribution in [0, 0.1) is 3.57 Å². The van der Waals surface area contributed by atoms with Crippen LogP contribution in [-0.4, -0.2) is 7.11 Å². The first-order valence-electron chi connectivity index (χ1n) is 4.07. The minimum absolute atomic E-state index is 0.568. The molecule has 0 atom stereocenters. The van der Waals surface area contributed by atoms with Gasteiger partial charge in [0.1, 0.15) is 5.75 Å². The number of alkyl halides is 1.